The van der Waals surface area contributed by atoms with E-state index in [-0.39, 0.29) is 0 Å². The summed E-state index contributed by atoms with van der Waals surface area (Å²) in [4.78, 5) is 0. The SMILES string of the molecule is C1=Cc2ccccc2C(C2C=Cc3ccccc3C2)C1. The molecule has 0 saturated carbocycles. The molecule has 0 radical (unpaired) electrons. The molecule has 0 nitrogen and oxygen atoms in total. The van der Waals surface area contributed by atoms with Gasteiger partial charge in [-0.25, -0.2) is 0 Å². The lowest BCUT2D eigenvalue weighted by Crippen LogP contribution is -2.18. The Morgan fingerprint density at radius 3 is 2.55 bits per heavy atom. The van der Waals surface area contributed by atoms with E-state index in [1.54, 1.807) is 0 Å². The Hall–Kier alpha value is -2.08. The summed E-state index contributed by atoms with van der Waals surface area (Å²) in [7, 11) is 0. The molecule has 2 aromatic rings. The second-order valence-corrected chi connectivity index (χ2v) is 5.80. The van der Waals surface area contributed by atoms with Gasteiger partial charge in [-0.3, -0.25) is 0 Å². The molecule has 4 rings (SSSR count). The van der Waals surface area contributed by atoms with Gasteiger partial charge in [-0.05, 0) is 46.9 Å². The van der Waals surface area contributed by atoms with E-state index in [9.17, 15) is 0 Å². The number of hydrogen-bond acceptors (Lipinski definition) is 0. The Bertz CT molecular complexity index is 691. The van der Waals surface area contributed by atoms with Crippen LogP contribution in [0.5, 0.6) is 0 Å². The number of rotatable bonds is 1. The van der Waals surface area contributed by atoms with Crippen LogP contribution in [0.4, 0.5) is 0 Å². The highest BCUT2D eigenvalue weighted by molar-refractivity contribution is 5.60. The van der Waals surface area contributed by atoms with Crippen molar-refractivity contribution in [1.29, 1.82) is 0 Å². The predicted octanol–water partition coefficient (Wildman–Crippen LogP) is 5.07. The van der Waals surface area contributed by atoms with Crippen LogP contribution in [0.15, 0.2) is 60.7 Å². The summed E-state index contributed by atoms with van der Waals surface area (Å²) in [5.74, 6) is 1.25. The average molecular weight is 258 g/mol. The smallest absolute Gasteiger partial charge is 0.00551 e. The Labute approximate surface area is 120 Å². The quantitative estimate of drug-likeness (QED) is 0.669. The minimum absolute atomic E-state index is 0.621. The van der Waals surface area contributed by atoms with Gasteiger partial charge in [-0.15, -0.1) is 0 Å². The molecule has 2 atom stereocenters. The van der Waals surface area contributed by atoms with E-state index in [4.69, 9.17) is 0 Å². The summed E-state index contributed by atoms with van der Waals surface area (Å²) in [6, 6.07) is 17.6. The molecule has 0 N–H and O–H groups in total. The van der Waals surface area contributed by atoms with Crippen LogP contribution in [0.2, 0.25) is 0 Å². The van der Waals surface area contributed by atoms with Gasteiger partial charge in [0.25, 0.3) is 0 Å². The average Bonchev–Trinajstić information content (AvgIpc) is 2.54. The van der Waals surface area contributed by atoms with Crippen molar-refractivity contribution in [2.45, 2.75) is 18.8 Å². The summed E-state index contributed by atoms with van der Waals surface area (Å²) in [6.07, 6.45) is 11.7. The highest BCUT2D eigenvalue weighted by Gasteiger charge is 2.26. The molecule has 2 aromatic carbocycles. The molecule has 2 aliphatic rings. The zero-order chi connectivity index (χ0) is 13.4. The first-order chi connectivity index (χ1) is 9.92. The highest BCUT2D eigenvalue weighted by atomic mass is 14.3. The van der Waals surface area contributed by atoms with Gasteiger partial charge in [-0.2, -0.15) is 0 Å². The maximum atomic E-state index is 2.42. The van der Waals surface area contributed by atoms with E-state index in [2.05, 4.69) is 72.8 Å². The van der Waals surface area contributed by atoms with Gasteiger partial charge in [0, 0.05) is 0 Å². The Morgan fingerprint density at radius 1 is 0.800 bits per heavy atom. The van der Waals surface area contributed by atoms with Crippen LogP contribution in [-0.2, 0) is 6.42 Å². The van der Waals surface area contributed by atoms with E-state index in [1.807, 2.05) is 0 Å². The van der Waals surface area contributed by atoms with Crippen molar-refractivity contribution >= 4 is 12.2 Å². The molecule has 0 heteroatoms. The molecule has 0 amide bonds. The van der Waals surface area contributed by atoms with E-state index in [0.29, 0.717) is 11.8 Å². The monoisotopic (exact) mass is 258 g/mol. The van der Waals surface area contributed by atoms with Crippen LogP contribution < -0.4 is 0 Å². The van der Waals surface area contributed by atoms with Crippen LogP contribution in [0.3, 0.4) is 0 Å². The van der Waals surface area contributed by atoms with Gasteiger partial charge in [-0.1, -0.05) is 72.8 Å². The molecular formula is C20H18. The lowest BCUT2D eigenvalue weighted by Gasteiger charge is -2.30. The van der Waals surface area contributed by atoms with Gasteiger partial charge in [0.15, 0.2) is 0 Å². The Balaban J connectivity index is 1.69. The maximum absolute atomic E-state index is 2.42. The van der Waals surface area contributed by atoms with Crippen molar-refractivity contribution < 1.29 is 0 Å². The van der Waals surface area contributed by atoms with Crippen molar-refractivity contribution in [2.24, 2.45) is 5.92 Å². The highest BCUT2D eigenvalue weighted by Crippen LogP contribution is 2.39. The first kappa shape index (κ1) is 11.7. The van der Waals surface area contributed by atoms with Crippen molar-refractivity contribution in [3.05, 3.63) is 82.9 Å². The third-order valence-corrected chi connectivity index (χ3v) is 4.63. The number of hydrogen-bond donors (Lipinski definition) is 0. The first-order valence-electron chi connectivity index (χ1n) is 7.43. The molecule has 0 bridgehead atoms. The summed E-state index contributed by atoms with van der Waals surface area (Å²) in [6.45, 7) is 0. The second-order valence-electron chi connectivity index (χ2n) is 5.80. The number of benzene rings is 2. The molecule has 20 heavy (non-hydrogen) atoms. The molecular weight excluding hydrogens is 240 g/mol. The fraction of sp³-hybridized carbons (Fsp3) is 0.200. The van der Waals surface area contributed by atoms with E-state index in [0.717, 1.165) is 6.42 Å². The van der Waals surface area contributed by atoms with E-state index >= 15 is 0 Å². The standard InChI is InChI=1S/C20H18/c1-2-8-17-14-18(13-12-15(17)6-1)20-11-5-9-16-7-3-4-10-19(16)20/h1-10,12-13,18,20H,11,14H2. The van der Waals surface area contributed by atoms with Crippen LogP contribution in [-0.4, -0.2) is 0 Å². The Morgan fingerprint density at radius 2 is 1.60 bits per heavy atom. The zero-order valence-electron chi connectivity index (χ0n) is 11.5. The fourth-order valence-electron chi connectivity index (χ4n) is 3.58. The second kappa shape index (κ2) is 4.79. The topological polar surface area (TPSA) is 0 Å². The first-order valence-corrected chi connectivity index (χ1v) is 7.43. The van der Waals surface area contributed by atoms with Gasteiger partial charge in [0.2, 0.25) is 0 Å². The van der Waals surface area contributed by atoms with Gasteiger partial charge >= 0.3 is 0 Å². The molecule has 2 unspecified atom stereocenters. The zero-order valence-corrected chi connectivity index (χ0v) is 11.5. The summed E-state index contributed by atoms with van der Waals surface area (Å²) < 4.78 is 0. The molecule has 0 spiro atoms. The molecule has 2 aliphatic carbocycles. The lowest BCUT2D eigenvalue weighted by molar-refractivity contribution is 0.502. The summed E-state index contributed by atoms with van der Waals surface area (Å²) >= 11 is 0. The summed E-state index contributed by atoms with van der Waals surface area (Å²) in [5.41, 5.74) is 5.80. The van der Waals surface area contributed by atoms with Crippen LogP contribution in [0, 0.1) is 5.92 Å². The number of allylic oxidation sites excluding steroid dienone is 2. The van der Waals surface area contributed by atoms with Crippen LogP contribution in [0.1, 0.15) is 34.6 Å². The van der Waals surface area contributed by atoms with Gasteiger partial charge in [0.1, 0.15) is 0 Å². The predicted molar refractivity (Wildman–Crippen MR) is 85.5 cm³/mol. The van der Waals surface area contributed by atoms with Crippen LogP contribution >= 0.6 is 0 Å². The largest absolute Gasteiger partial charge is 0.0833 e. The Kier molecular flexibility index (Phi) is 2.81. The van der Waals surface area contributed by atoms with Gasteiger partial charge in [0.05, 0.1) is 0 Å². The van der Waals surface area contributed by atoms with E-state index in [1.165, 1.54) is 28.7 Å². The molecule has 0 fully saturated rings. The lowest BCUT2D eigenvalue weighted by atomic mass is 9.74. The van der Waals surface area contributed by atoms with Gasteiger partial charge < -0.3 is 0 Å². The fourth-order valence-corrected chi connectivity index (χ4v) is 3.58. The summed E-state index contributed by atoms with van der Waals surface area (Å²) in [5, 5.41) is 0. The third kappa shape index (κ3) is 1.92. The molecule has 0 aromatic heterocycles. The number of fused-ring (bicyclic) bond motifs is 2. The minimum Gasteiger partial charge on any atom is -0.0833 e. The molecule has 0 heterocycles. The third-order valence-electron chi connectivity index (χ3n) is 4.63. The molecule has 98 valence electrons. The minimum atomic E-state index is 0.621. The van der Waals surface area contributed by atoms with Crippen molar-refractivity contribution in [3.63, 3.8) is 0 Å². The molecule has 0 aliphatic heterocycles. The van der Waals surface area contributed by atoms with Crippen molar-refractivity contribution in [1.82, 2.24) is 0 Å². The molecule has 0 saturated heterocycles. The van der Waals surface area contributed by atoms with Crippen LogP contribution in [0.25, 0.3) is 12.2 Å². The van der Waals surface area contributed by atoms with Crippen molar-refractivity contribution in [3.8, 4) is 0 Å². The van der Waals surface area contributed by atoms with E-state index < -0.39 is 0 Å². The maximum Gasteiger partial charge on any atom is -0.00551 e. The normalized spacial score (nSPS) is 23.2. The van der Waals surface area contributed by atoms with Crippen molar-refractivity contribution in [2.75, 3.05) is 0 Å².